The predicted octanol–water partition coefficient (Wildman–Crippen LogP) is 3.00. The largest absolute Gasteiger partial charge is 0.476 e. The highest BCUT2D eigenvalue weighted by Gasteiger charge is 2.39. The average Bonchev–Trinajstić information content (AvgIpc) is 3.00. The van der Waals surface area contributed by atoms with E-state index in [4.69, 9.17) is 5.11 Å². The van der Waals surface area contributed by atoms with Gasteiger partial charge in [0.1, 0.15) is 0 Å². The Labute approximate surface area is 110 Å². The summed E-state index contributed by atoms with van der Waals surface area (Å²) in [6.45, 7) is 2.76. The van der Waals surface area contributed by atoms with Crippen LogP contribution in [0.1, 0.15) is 41.0 Å². The van der Waals surface area contributed by atoms with Gasteiger partial charge in [-0.3, -0.25) is 0 Å². The van der Waals surface area contributed by atoms with Crippen molar-refractivity contribution >= 4 is 22.4 Å². The minimum atomic E-state index is -0.934. The highest BCUT2D eigenvalue weighted by molar-refractivity contribution is 7.15. The van der Waals surface area contributed by atoms with Gasteiger partial charge in [0.05, 0.1) is 0 Å². The van der Waals surface area contributed by atoms with Crippen LogP contribution in [0.5, 0.6) is 0 Å². The molecule has 1 aromatic rings. The summed E-state index contributed by atoms with van der Waals surface area (Å²) in [5.74, 6) is 1.68. The van der Waals surface area contributed by atoms with Crippen LogP contribution in [-0.2, 0) is 0 Å². The van der Waals surface area contributed by atoms with Gasteiger partial charge in [-0.25, -0.2) is 9.78 Å². The molecule has 1 heterocycles. The fourth-order valence-electron chi connectivity index (χ4n) is 3.52. The molecule has 2 saturated carbocycles. The molecule has 1 aromatic heterocycles. The molecule has 0 aromatic carbocycles. The molecule has 0 aliphatic heterocycles. The Hall–Kier alpha value is -1.10. The molecule has 0 spiro atoms. The Bertz CT molecular complexity index is 472. The molecule has 0 radical (unpaired) electrons. The molecule has 2 N–H and O–H groups in total. The lowest BCUT2D eigenvalue weighted by Crippen LogP contribution is -2.20. The van der Waals surface area contributed by atoms with Crippen LogP contribution in [0.15, 0.2) is 0 Å². The molecular weight excluding hydrogens is 248 g/mol. The van der Waals surface area contributed by atoms with Crippen LogP contribution in [0.3, 0.4) is 0 Å². The fourth-order valence-corrected chi connectivity index (χ4v) is 4.33. The number of thiazole rings is 1. The summed E-state index contributed by atoms with van der Waals surface area (Å²) < 4.78 is 0. The zero-order valence-electron chi connectivity index (χ0n) is 10.5. The minimum absolute atomic E-state index is 0.190. The summed E-state index contributed by atoms with van der Waals surface area (Å²) in [6, 6.07) is 0. The third-order valence-electron chi connectivity index (χ3n) is 4.40. The molecule has 0 saturated heterocycles. The van der Waals surface area contributed by atoms with Crippen LogP contribution >= 0.6 is 11.3 Å². The first-order valence-corrected chi connectivity index (χ1v) is 7.39. The van der Waals surface area contributed by atoms with Crippen molar-refractivity contribution in [3.8, 4) is 0 Å². The maximum absolute atomic E-state index is 10.9. The lowest BCUT2D eigenvalue weighted by atomic mass is 9.89. The summed E-state index contributed by atoms with van der Waals surface area (Å²) in [6.07, 6.45) is 5.55. The molecule has 5 heteroatoms. The molecule has 0 amide bonds. The van der Waals surface area contributed by atoms with E-state index in [0.717, 1.165) is 34.3 Å². The number of carboxylic acids is 1. The maximum atomic E-state index is 10.9. The number of hydrogen-bond acceptors (Lipinski definition) is 4. The zero-order valence-corrected chi connectivity index (χ0v) is 11.3. The second-order valence-electron chi connectivity index (χ2n) is 5.54. The SMILES string of the molecule is Cc1sc(NCC2CC3CCC2C3)nc1C(=O)O. The molecule has 2 fully saturated rings. The Kier molecular flexibility index (Phi) is 3.01. The van der Waals surface area contributed by atoms with E-state index in [1.807, 2.05) is 6.92 Å². The monoisotopic (exact) mass is 266 g/mol. The quantitative estimate of drug-likeness (QED) is 0.879. The number of nitrogens with one attached hydrogen (secondary N) is 1. The van der Waals surface area contributed by atoms with Gasteiger partial charge in [0.2, 0.25) is 0 Å². The van der Waals surface area contributed by atoms with Gasteiger partial charge in [-0.1, -0.05) is 6.42 Å². The van der Waals surface area contributed by atoms with E-state index < -0.39 is 5.97 Å². The molecule has 3 rings (SSSR count). The van der Waals surface area contributed by atoms with Gasteiger partial charge in [0.15, 0.2) is 10.8 Å². The van der Waals surface area contributed by atoms with Crippen molar-refractivity contribution in [2.45, 2.75) is 32.6 Å². The second kappa shape index (κ2) is 4.53. The Morgan fingerprint density at radius 2 is 2.33 bits per heavy atom. The second-order valence-corrected chi connectivity index (χ2v) is 6.75. The topological polar surface area (TPSA) is 62.2 Å². The molecular formula is C13H18N2O2S. The van der Waals surface area contributed by atoms with Crippen LogP contribution in [-0.4, -0.2) is 22.6 Å². The Morgan fingerprint density at radius 3 is 2.89 bits per heavy atom. The van der Waals surface area contributed by atoms with Gasteiger partial charge >= 0.3 is 5.97 Å². The number of aromatic carboxylic acids is 1. The van der Waals surface area contributed by atoms with Crippen LogP contribution in [0.4, 0.5) is 5.13 Å². The minimum Gasteiger partial charge on any atom is -0.476 e. The molecule has 2 aliphatic carbocycles. The number of hydrogen-bond donors (Lipinski definition) is 2. The van der Waals surface area contributed by atoms with Crippen LogP contribution in [0.2, 0.25) is 0 Å². The number of fused-ring (bicyclic) bond motifs is 2. The van der Waals surface area contributed by atoms with Crippen molar-refractivity contribution in [1.82, 2.24) is 4.98 Å². The van der Waals surface area contributed by atoms with Gasteiger partial charge in [0.25, 0.3) is 0 Å². The summed E-state index contributed by atoms with van der Waals surface area (Å²) >= 11 is 1.44. The van der Waals surface area contributed by atoms with E-state index in [-0.39, 0.29) is 5.69 Å². The van der Waals surface area contributed by atoms with Gasteiger partial charge in [0, 0.05) is 11.4 Å². The number of anilines is 1. The Balaban J connectivity index is 1.60. The predicted molar refractivity (Wildman–Crippen MR) is 71.2 cm³/mol. The van der Waals surface area contributed by atoms with Gasteiger partial charge in [-0.15, -0.1) is 11.3 Å². The maximum Gasteiger partial charge on any atom is 0.355 e. The molecule has 3 atom stereocenters. The highest BCUT2D eigenvalue weighted by atomic mass is 32.1. The number of rotatable bonds is 4. The molecule has 4 nitrogen and oxygen atoms in total. The van der Waals surface area contributed by atoms with Crippen LogP contribution < -0.4 is 5.32 Å². The normalized spacial score (nSPS) is 29.7. The number of aryl methyl sites for hydroxylation is 1. The first-order chi connectivity index (χ1) is 8.63. The lowest BCUT2D eigenvalue weighted by Gasteiger charge is -2.21. The third kappa shape index (κ3) is 2.11. The van der Waals surface area contributed by atoms with Crippen molar-refractivity contribution < 1.29 is 9.90 Å². The molecule has 98 valence electrons. The Morgan fingerprint density at radius 1 is 1.50 bits per heavy atom. The van der Waals surface area contributed by atoms with Crippen LogP contribution in [0, 0.1) is 24.7 Å². The van der Waals surface area contributed by atoms with E-state index in [1.165, 1.54) is 37.0 Å². The smallest absolute Gasteiger partial charge is 0.355 e. The van der Waals surface area contributed by atoms with Crippen molar-refractivity contribution in [3.63, 3.8) is 0 Å². The highest BCUT2D eigenvalue weighted by Crippen LogP contribution is 2.48. The van der Waals surface area contributed by atoms with Gasteiger partial charge in [-0.05, 0) is 43.9 Å². The first-order valence-electron chi connectivity index (χ1n) is 6.58. The van der Waals surface area contributed by atoms with E-state index >= 15 is 0 Å². The van der Waals surface area contributed by atoms with Gasteiger partial charge < -0.3 is 10.4 Å². The summed E-state index contributed by atoms with van der Waals surface area (Å²) in [7, 11) is 0. The van der Waals surface area contributed by atoms with Crippen molar-refractivity contribution in [2.75, 3.05) is 11.9 Å². The molecule has 18 heavy (non-hydrogen) atoms. The average molecular weight is 266 g/mol. The van der Waals surface area contributed by atoms with E-state index in [9.17, 15) is 4.79 Å². The molecule has 2 aliphatic rings. The molecule has 3 unspecified atom stereocenters. The lowest BCUT2D eigenvalue weighted by molar-refractivity contribution is 0.0690. The molecule has 2 bridgehead atoms. The number of aromatic nitrogens is 1. The van der Waals surface area contributed by atoms with Crippen LogP contribution in [0.25, 0.3) is 0 Å². The zero-order chi connectivity index (χ0) is 12.7. The van der Waals surface area contributed by atoms with Crippen molar-refractivity contribution in [2.24, 2.45) is 17.8 Å². The van der Waals surface area contributed by atoms with E-state index in [2.05, 4.69) is 10.3 Å². The third-order valence-corrected chi connectivity index (χ3v) is 5.33. The first kappa shape index (κ1) is 12.0. The van der Waals surface area contributed by atoms with Gasteiger partial charge in [-0.2, -0.15) is 0 Å². The number of nitrogens with zero attached hydrogens (tertiary/aromatic N) is 1. The summed E-state index contributed by atoms with van der Waals surface area (Å²) in [4.78, 5) is 15.8. The number of carboxylic acid groups (broad SMARTS) is 1. The summed E-state index contributed by atoms with van der Waals surface area (Å²) in [5.41, 5.74) is 0.190. The van der Waals surface area contributed by atoms with E-state index in [0.29, 0.717) is 0 Å². The number of carbonyl (C=O) groups is 1. The van der Waals surface area contributed by atoms with Crippen molar-refractivity contribution in [3.05, 3.63) is 10.6 Å². The van der Waals surface area contributed by atoms with Crippen molar-refractivity contribution in [1.29, 1.82) is 0 Å². The van der Waals surface area contributed by atoms with E-state index in [1.54, 1.807) is 0 Å². The summed E-state index contributed by atoms with van der Waals surface area (Å²) in [5, 5.41) is 13.0. The standard InChI is InChI=1S/C13H18N2O2S/c1-7-11(12(16)17)15-13(18-7)14-6-10-5-8-2-3-9(10)4-8/h8-10H,2-6H2,1H3,(H,14,15)(H,16,17). The fraction of sp³-hybridized carbons (Fsp3) is 0.692.